The van der Waals surface area contributed by atoms with Crippen LogP contribution in [0.25, 0.3) is 0 Å². The van der Waals surface area contributed by atoms with Gasteiger partial charge in [-0.15, -0.1) is 0 Å². The van der Waals surface area contributed by atoms with Crippen molar-refractivity contribution in [3.05, 3.63) is 17.5 Å². The van der Waals surface area contributed by atoms with Gasteiger partial charge in [-0.25, -0.2) is 8.42 Å². The smallest absolute Gasteiger partial charge is 0.152 e. The van der Waals surface area contributed by atoms with Crippen molar-refractivity contribution in [2.24, 2.45) is 0 Å². The maximum atomic E-state index is 11.7. The third-order valence-electron chi connectivity index (χ3n) is 3.82. The van der Waals surface area contributed by atoms with Crippen LogP contribution in [0.4, 0.5) is 0 Å². The second-order valence-corrected chi connectivity index (χ2v) is 9.54. The van der Waals surface area contributed by atoms with Crippen LogP contribution in [0.3, 0.4) is 0 Å². The molecule has 120 valence electrons. The number of rotatable bonds is 4. The highest BCUT2D eigenvalue weighted by Crippen LogP contribution is 2.29. The largest absolute Gasteiger partial charge is 0.308 e. The van der Waals surface area contributed by atoms with Crippen molar-refractivity contribution >= 4 is 9.84 Å². The number of nitrogens with one attached hydrogen (secondary N) is 1. The zero-order valence-corrected chi connectivity index (χ0v) is 14.5. The molecule has 1 aromatic rings. The van der Waals surface area contributed by atoms with Crippen LogP contribution in [-0.2, 0) is 16.4 Å². The van der Waals surface area contributed by atoms with E-state index >= 15 is 0 Å². The van der Waals surface area contributed by atoms with Crippen LogP contribution in [0.5, 0.6) is 0 Å². The van der Waals surface area contributed by atoms with Gasteiger partial charge >= 0.3 is 0 Å². The molecule has 0 bridgehead atoms. The first kappa shape index (κ1) is 16.5. The molecule has 0 amide bonds. The standard InChI is InChI=1S/C15H27N3O2S/c1-11(2)14-12(8-16-15(3,4)5)9-17-18(14)13-6-7-21(19,20)10-13/h9,11,13,16H,6-8,10H2,1-5H3. The van der Waals surface area contributed by atoms with Crippen molar-refractivity contribution < 1.29 is 8.42 Å². The van der Waals surface area contributed by atoms with Gasteiger partial charge in [-0.3, -0.25) is 4.68 Å². The fraction of sp³-hybridized carbons (Fsp3) is 0.800. The Morgan fingerprint density at radius 1 is 1.43 bits per heavy atom. The highest BCUT2D eigenvalue weighted by molar-refractivity contribution is 7.91. The molecule has 1 fully saturated rings. The highest BCUT2D eigenvalue weighted by Gasteiger charge is 2.32. The Morgan fingerprint density at radius 2 is 2.10 bits per heavy atom. The first-order chi connectivity index (χ1) is 9.59. The number of hydrogen-bond acceptors (Lipinski definition) is 4. The average molecular weight is 313 g/mol. The van der Waals surface area contributed by atoms with Crippen molar-refractivity contribution in [2.75, 3.05) is 11.5 Å². The average Bonchev–Trinajstić information content (AvgIpc) is 2.88. The molecular formula is C15H27N3O2S. The van der Waals surface area contributed by atoms with Crippen LogP contribution in [0.15, 0.2) is 6.20 Å². The molecule has 1 N–H and O–H groups in total. The summed E-state index contributed by atoms with van der Waals surface area (Å²) in [6.45, 7) is 11.4. The molecule has 5 nitrogen and oxygen atoms in total. The number of hydrogen-bond donors (Lipinski definition) is 1. The maximum Gasteiger partial charge on any atom is 0.152 e. The van der Waals surface area contributed by atoms with Crippen molar-refractivity contribution in [1.82, 2.24) is 15.1 Å². The van der Waals surface area contributed by atoms with Gasteiger partial charge in [0.15, 0.2) is 9.84 Å². The summed E-state index contributed by atoms with van der Waals surface area (Å²) in [6, 6.07) is -0.00390. The van der Waals surface area contributed by atoms with Gasteiger partial charge in [0, 0.05) is 23.3 Å². The Balaban J connectivity index is 2.25. The van der Waals surface area contributed by atoms with E-state index in [-0.39, 0.29) is 23.1 Å². The Hall–Kier alpha value is -0.880. The number of nitrogens with zero attached hydrogens (tertiary/aromatic N) is 2. The van der Waals surface area contributed by atoms with E-state index in [0.717, 1.165) is 12.2 Å². The minimum absolute atomic E-state index is 0.00390. The van der Waals surface area contributed by atoms with Crippen molar-refractivity contribution in [2.45, 2.75) is 65.1 Å². The van der Waals surface area contributed by atoms with Crippen LogP contribution in [0.1, 0.15) is 64.3 Å². The van der Waals surface area contributed by atoms with Crippen LogP contribution in [-0.4, -0.2) is 35.2 Å². The molecule has 1 aliphatic heterocycles. The van der Waals surface area contributed by atoms with E-state index in [1.807, 2.05) is 10.9 Å². The molecule has 0 saturated carbocycles. The van der Waals surface area contributed by atoms with E-state index in [0.29, 0.717) is 12.3 Å². The second kappa shape index (κ2) is 5.72. The predicted octanol–water partition coefficient (Wildman–Crippen LogP) is 2.25. The van der Waals surface area contributed by atoms with E-state index in [9.17, 15) is 8.42 Å². The summed E-state index contributed by atoms with van der Waals surface area (Å²) >= 11 is 0. The topological polar surface area (TPSA) is 64.0 Å². The van der Waals surface area contributed by atoms with Gasteiger partial charge in [-0.05, 0) is 33.1 Å². The number of sulfone groups is 1. The fourth-order valence-corrected chi connectivity index (χ4v) is 4.49. The molecule has 1 aromatic heterocycles. The summed E-state index contributed by atoms with van der Waals surface area (Å²) in [6.07, 6.45) is 2.56. The third-order valence-corrected chi connectivity index (χ3v) is 5.57. The van der Waals surface area contributed by atoms with Crippen LogP contribution >= 0.6 is 0 Å². The zero-order valence-electron chi connectivity index (χ0n) is 13.7. The van der Waals surface area contributed by atoms with Crippen molar-refractivity contribution in [1.29, 1.82) is 0 Å². The molecule has 0 radical (unpaired) electrons. The lowest BCUT2D eigenvalue weighted by Crippen LogP contribution is -2.35. The lowest BCUT2D eigenvalue weighted by molar-refractivity contribution is 0.420. The minimum atomic E-state index is -2.89. The van der Waals surface area contributed by atoms with Crippen molar-refractivity contribution in [3.8, 4) is 0 Å². The van der Waals surface area contributed by atoms with Gasteiger partial charge in [-0.1, -0.05) is 13.8 Å². The zero-order chi connectivity index (χ0) is 15.8. The summed E-state index contributed by atoms with van der Waals surface area (Å²) < 4.78 is 25.4. The summed E-state index contributed by atoms with van der Waals surface area (Å²) in [5.74, 6) is 0.832. The lowest BCUT2D eigenvalue weighted by atomic mass is 10.0. The van der Waals surface area contributed by atoms with E-state index in [1.54, 1.807) is 0 Å². The summed E-state index contributed by atoms with van der Waals surface area (Å²) in [5.41, 5.74) is 2.38. The van der Waals surface area contributed by atoms with Gasteiger partial charge in [0.2, 0.25) is 0 Å². The molecule has 2 rings (SSSR count). The Labute approximate surface area is 128 Å². The van der Waals surface area contributed by atoms with Gasteiger partial charge in [0.1, 0.15) is 0 Å². The van der Waals surface area contributed by atoms with Crippen molar-refractivity contribution in [3.63, 3.8) is 0 Å². The molecule has 21 heavy (non-hydrogen) atoms. The third kappa shape index (κ3) is 4.07. The van der Waals surface area contributed by atoms with Gasteiger partial charge in [-0.2, -0.15) is 5.10 Å². The van der Waals surface area contributed by atoms with E-state index in [2.05, 4.69) is 45.0 Å². The summed E-state index contributed by atoms with van der Waals surface area (Å²) in [4.78, 5) is 0. The summed E-state index contributed by atoms with van der Waals surface area (Å²) in [7, 11) is -2.89. The first-order valence-corrected chi connectivity index (χ1v) is 9.43. The van der Waals surface area contributed by atoms with E-state index < -0.39 is 9.84 Å². The molecule has 1 unspecified atom stereocenters. The quantitative estimate of drug-likeness (QED) is 0.926. The molecule has 1 saturated heterocycles. The Morgan fingerprint density at radius 3 is 2.57 bits per heavy atom. The fourth-order valence-electron chi connectivity index (χ4n) is 2.80. The molecule has 6 heteroatoms. The van der Waals surface area contributed by atoms with Crippen LogP contribution in [0, 0.1) is 0 Å². The lowest BCUT2D eigenvalue weighted by Gasteiger charge is -2.22. The maximum absolute atomic E-state index is 11.7. The summed E-state index contributed by atoms with van der Waals surface area (Å²) in [5, 5.41) is 7.98. The molecule has 2 heterocycles. The molecule has 0 aromatic carbocycles. The minimum Gasteiger partial charge on any atom is -0.308 e. The van der Waals surface area contributed by atoms with Crippen LogP contribution in [0.2, 0.25) is 0 Å². The predicted molar refractivity (Wildman–Crippen MR) is 85.2 cm³/mol. The number of aromatic nitrogens is 2. The molecule has 1 atom stereocenters. The van der Waals surface area contributed by atoms with Gasteiger partial charge < -0.3 is 5.32 Å². The van der Waals surface area contributed by atoms with Gasteiger partial charge in [0.25, 0.3) is 0 Å². The monoisotopic (exact) mass is 313 g/mol. The Bertz CT molecular complexity index is 597. The molecular weight excluding hydrogens is 286 g/mol. The molecule has 0 spiro atoms. The SMILES string of the molecule is CC(C)c1c(CNC(C)(C)C)cnn1C1CCS(=O)(=O)C1. The normalized spacial score (nSPS) is 22.1. The van der Waals surface area contributed by atoms with E-state index in [4.69, 9.17) is 0 Å². The van der Waals surface area contributed by atoms with E-state index in [1.165, 1.54) is 5.56 Å². The first-order valence-electron chi connectivity index (χ1n) is 7.61. The second-order valence-electron chi connectivity index (χ2n) is 7.31. The molecule has 0 aliphatic carbocycles. The molecule has 1 aliphatic rings. The Kier molecular flexibility index (Phi) is 4.49. The van der Waals surface area contributed by atoms with Crippen LogP contribution < -0.4 is 5.32 Å². The van der Waals surface area contributed by atoms with Gasteiger partial charge in [0.05, 0.1) is 23.7 Å². The highest BCUT2D eigenvalue weighted by atomic mass is 32.2.